The lowest BCUT2D eigenvalue weighted by Crippen LogP contribution is -2.15. The number of carboxylic acids is 1. The molecular formula is C14H18O3. The third-order valence-corrected chi connectivity index (χ3v) is 2.79. The minimum Gasteiger partial charge on any atom is -0.481 e. The van der Waals surface area contributed by atoms with Crippen molar-refractivity contribution in [1.82, 2.24) is 0 Å². The molecule has 0 saturated heterocycles. The quantitative estimate of drug-likeness (QED) is 0.796. The molecule has 0 aliphatic heterocycles. The number of rotatable bonds is 5. The zero-order valence-electron chi connectivity index (χ0n) is 10.4. The molecule has 1 N–H and O–H groups in total. The first-order chi connectivity index (χ1) is 7.91. The highest BCUT2D eigenvalue weighted by atomic mass is 16.4. The second kappa shape index (κ2) is 5.62. The zero-order chi connectivity index (χ0) is 13.0. The molecule has 0 fully saturated rings. The summed E-state index contributed by atoms with van der Waals surface area (Å²) in [6, 6.07) is 7.39. The monoisotopic (exact) mass is 234 g/mol. The van der Waals surface area contributed by atoms with Crippen molar-refractivity contribution < 1.29 is 14.7 Å². The fourth-order valence-corrected chi connectivity index (χ4v) is 1.67. The van der Waals surface area contributed by atoms with Crippen LogP contribution in [0.15, 0.2) is 24.3 Å². The fraction of sp³-hybridized carbons (Fsp3) is 0.429. The van der Waals surface area contributed by atoms with Crippen LogP contribution in [0.5, 0.6) is 0 Å². The Morgan fingerprint density at radius 2 is 1.65 bits per heavy atom. The number of aliphatic carboxylic acids is 1. The number of carboxylic acid groups (broad SMARTS) is 1. The summed E-state index contributed by atoms with van der Waals surface area (Å²) in [5.74, 6) is -1.10. The average Bonchev–Trinajstić information content (AvgIpc) is 2.27. The molecule has 0 spiro atoms. The van der Waals surface area contributed by atoms with Crippen molar-refractivity contribution in [2.45, 2.75) is 33.1 Å². The molecule has 1 unspecified atom stereocenters. The molecule has 0 aliphatic rings. The lowest BCUT2D eigenvalue weighted by atomic mass is 9.94. The molecule has 1 rings (SSSR count). The molecule has 92 valence electrons. The van der Waals surface area contributed by atoms with Crippen molar-refractivity contribution in [2.24, 2.45) is 5.92 Å². The van der Waals surface area contributed by atoms with Gasteiger partial charge in [-0.1, -0.05) is 45.0 Å². The van der Waals surface area contributed by atoms with E-state index < -0.39 is 11.9 Å². The van der Waals surface area contributed by atoms with Gasteiger partial charge in [0.25, 0.3) is 0 Å². The van der Waals surface area contributed by atoms with Gasteiger partial charge in [0.1, 0.15) is 0 Å². The van der Waals surface area contributed by atoms with E-state index >= 15 is 0 Å². The SMILES string of the molecule is CC(CC(=O)O)C(=O)c1ccc(C(C)C)cc1. The van der Waals surface area contributed by atoms with Crippen molar-refractivity contribution in [1.29, 1.82) is 0 Å². The minimum atomic E-state index is -0.940. The highest BCUT2D eigenvalue weighted by Gasteiger charge is 2.18. The van der Waals surface area contributed by atoms with Crippen LogP contribution in [-0.4, -0.2) is 16.9 Å². The molecule has 0 radical (unpaired) electrons. The Bertz CT molecular complexity index is 404. The third-order valence-electron chi connectivity index (χ3n) is 2.79. The summed E-state index contributed by atoms with van der Waals surface area (Å²) < 4.78 is 0. The second-order valence-corrected chi connectivity index (χ2v) is 4.64. The third kappa shape index (κ3) is 3.70. The van der Waals surface area contributed by atoms with Crippen molar-refractivity contribution in [3.05, 3.63) is 35.4 Å². The Kier molecular flexibility index (Phi) is 4.44. The van der Waals surface area contributed by atoms with Gasteiger partial charge in [0, 0.05) is 11.5 Å². The summed E-state index contributed by atoms with van der Waals surface area (Å²) >= 11 is 0. The summed E-state index contributed by atoms with van der Waals surface area (Å²) in [5.41, 5.74) is 1.76. The zero-order valence-corrected chi connectivity index (χ0v) is 10.4. The second-order valence-electron chi connectivity index (χ2n) is 4.64. The van der Waals surface area contributed by atoms with Crippen molar-refractivity contribution in [3.63, 3.8) is 0 Å². The Morgan fingerprint density at radius 3 is 2.06 bits per heavy atom. The molecule has 0 aliphatic carbocycles. The molecule has 17 heavy (non-hydrogen) atoms. The van der Waals surface area contributed by atoms with Crippen molar-refractivity contribution >= 4 is 11.8 Å². The van der Waals surface area contributed by atoms with Gasteiger partial charge in [-0.2, -0.15) is 0 Å². The molecule has 0 bridgehead atoms. The van der Waals surface area contributed by atoms with Crippen LogP contribution in [0.25, 0.3) is 0 Å². The van der Waals surface area contributed by atoms with Gasteiger partial charge in [0.15, 0.2) is 5.78 Å². The van der Waals surface area contributed by atoms with Crippen LogP contribution in [-0.2, 0) is 4.79 Å². The predicted octanol–water partition coefficient (Wildman–Crippen LogP) is 3.10. The fourth-order valence-electron chi connectivity index (χ4n) is 1.67. The average molecular weight is 234 g/mol. The normalized spacial score (nSPS) is 12.5. The number of hydrogen-bond donors (Lipinski definition) is 1. The number of ketones is 1. The van der Waals surface area contributed by atoms with Crippen LogP contribution in [0.2, 0.25) is 0 Å². The first kappa shape index (κ1) is 13.4. The largest absolute Gasteiger partial charge is 0.481 e. The molecule has 0 amide bonds. The Morgan fingerprint density at radius 1 is 1.12 bits per heavy atom. The van der Waals surface area contributed by atoms with Gasteiger partial charge in [-0.05, 0) is 11.5 Å². The molecular weight excluding hydrogens is 216 g/mol. The number of benzene rings is 1. The molecule has 1 atom stereocenters. The molecule has 1 aromatic carbocycles. The number of hydrogen-bond acceptors (Lipinski definition) is 2. The molecule has 3 nitrogen and oxygen atoms in total. The number of carbonyl (C=O) groups is 2. The summed E-state index contributed by atoms with van der Waals surface area (Å²) in [4.78, 5) is 22.4. The minimum absolute atomic E-state index is 0.109. The van der Waals surface area contributed by atoms with E-state index in [9.17, 15) is 9.59 Å². The summed E-state index contributed by atoms with van der Waals surface area (Å²) in [6.07, 6.45) is -0.120. The first-order valence-electron chi connectivity index (χ1n) is 5.77. The van der Waals surface area contributed by atoms with Gasteiger partial charge >= 0.3 is 5.97 Å². The van der Waals surface area contributed by atoms with E-state index in [1.807, 2.05) is 12.1 Å². The molecule has 1 aromatic rings. The van der Waals surface area contributed by atoms with Gasteiger partial charge in [0.05, 0.1) is 6.42 Å². The van der Waals surface area contributed by atoms with Crippen LogP contribution >= 0.6 is 0 Å². The van der Waals surface area contributed by atoms with E-state index in [0.717, 1.165) is 0 Å². The van der Waals surface area contributed by atoms with Gasteiger partial charge in [-0.3, -0.25) is 9.59 Å². The van der Waals surface area contributed by atoms with Crippen LogP contribution in [0, 0.1) is 5.92 Å². The smallest absolute Gasteiger partial charge is 0.304 e. The van der Waals surface area contributed by atoms with Gasteiger partial charge in [-0.25, -0.2) is 0 Å². The van der Waals surface area contributed by atoms with Crippen molar-refractivity contribution in [2.75, 3.05) is 0 Å². The van der Waals surface area contributed by atoms with E-state index in [0.29, 0.717) is 11.5 Å². The van der Waals surface area contributed by atoms with Crippen LogP contribution in [0.1, 0.15) is 49.0 Å². The van der Waals surface area contributed by atoms with Gasteiger partial charge < -0.3 is 5.11 Å². The van der Waals surface area contributed by atoms with E-state index in [1.165, 1.54) is 5.56 Å². The van der Waals surface area contributed by atoms with E-state index in [-0.39, 0.29) is 12.2 Å². The van der Waals surface area contributed by atoms with Gasteiger partial charge in [0.2, 0.25) is 0 Å². The van der Waals surface area contributed by atoms with E-state index in [1.54, 1.807) is 19.1 Å². The summed E-state index contributed by atoms with van der Waals surface area (Å²) in [5, 5.41) is 8.64. The molecule has 3 heteroatoms. The predicted molar refractivity (Wildman–Crippen MR) is 66.3 cm³/mol. The van der Waals surface area contributed by atoms with Crippen molar-refractivity contribution in [3.8, 4) is 0 Å². The highest BCUT2D eigenvalue weighted by molar-refractivity contribution is 5.99. The maximum atomic E-state index is 11.9. The summed E-state index contributed by atoms with van der Waals surface area (Å²) in [7, 11) is 0. The Balaban J connectivity index is 2.79. The number of carbonyl (C=O) groups excluding carboxylic acids is 1. The molecule has 0 saturated carbocycles. The maximum Gasteiger partial charge on any atom is 0.304 e. The van der Waals surface area contributed by atoms with Crippen LogP contribution in [0.3, 0.4) is 0 Å². The maximum absolute atomic E-state index is 11.9. The number of Topliss-reactive ketones (excluding diaryl/α,β-unsaturated/α-hetero) is 1. The first-order valence-corrected chi connectivity index (χ1v) is 5.77. The highest BCUT2D eigenvalue weighted by Crippen LogP contribution is 2.17. The molecule has 0 heterocycles. The standard InChI is InChI=1S/C14H18O3/c1-9(2)11-4-6-12(7-5-11)14(17)10(3)8-13(15)16/h4-7,9-10H,8H2,1-3H3,(H,15,16). The van der Waals surface area contributed by atoms with E-state index in [4.69, 9.17) is 5.11 Å². The van der Waals surface area contributed by atoms with E-state index in [2.05, 4.69) is 13.8 Å². The molecule has 0 aromatic heterocycles. The Labute approximate surface area is 101 Å². The topological polar surface area (TPSA) is 54.4 Å². The lowest BCUT2D eigenvalue weighted by Gasteiger charge is -2.09. The lowest BCUT2D eigenvalue weighted by molar-refractivity contribution is -0.137. The Hall–Kier alpha value is -1.64. The van der Waals surface area contributed by atoms with Crippen LogP contribution in [0.4, 0.5) is 0 Å². The van der Waals surface area contributed by atoms with Gasteiger partial charge in [-0.15, -0.1) is 0 Å². The van der Waals surface area contributed by atoms with Crippen LogP contribution < -0.4 is 0 Å². The summed E-state index contributed by atoms with van der Waals surface area (Å²) in [6.45, 7) is 5.82.